The van der Waals surface area contributed by atoms with Crippen LogP contribution >= 0.6 is 0 Å². The number of methoxy groups -OCH3 is 2. The maximum absolute atomic E-state index is 5.92. The molecule has 0 aliphatic carbocycles. The highest BCUT2D eigenvalue weighted by Gasteiger charge is 2.16. The van der Waals surface area contributed by atoms with E-state index in [4.69, 9.17) is 19.2 Å². The van der Waals surface area contributed by atoms with Crippen LogP contribution < -0.4 is 14.2 Å². The Kier molecular flexibility index (Phi) is 4.79. The molecule has 0 bridgehead atoms. The largest absolute Gasteiger partial charge is 0.493 e. The minimum atomic E-state index is 0.601. The van der Waals surface area contributed by atoms with E-state index >= 15 is 0 Å². The Bertz CT molecular complexity index is 903. The summed E-state index contributed by atoms with van der Waals surface area (Å²) in [6, 6.07) is 7.89. The fraction of sp³-hybridized carbons (Fsp3) is 0.368. The number of hydrogen-bond donors (Lipinski definition) is 0. The predicted octanol–water partition coefficient (Wildman–Crippen LogP) is 3.75. The third-order valence-electron chi connectivity index (χ3n) is 4.01. The van der Waals surface area contributed by atoms with E-state index in [0.717, 1.165) is 34.3 Å². The van der Waals surface area contributed by atoms with Gasteiger partial charge < -0.3 is 14.2 Å². The predicted molar refractivity (Wildman–Crippen MR) is 97.6 cm³/mol. The molecule has 0 fully saturated rings. The Morgan fingerprint density at radius 1 is 1.04 bits per heavy atom. The molecule has 3 rings (SSSR count). The quantitative estimate of drug-likeness (QED) is 0.683. The normalized spacial score (nSPS) is 10.9. The van der Waals surface area contributed by atoms with Crippen molar-refractivity contribution in [3.8, 4) is 28.6 Å². The molecule has 6 nitrogen and oxygen atoms in total. The van der Waals surface area contributed by atoms with Gasteiger partial charge in [-0.3, -0.25) is 4.68 Å². The lowest BCUT2D eigenvalue weighted by Crippen LogP contribution is -2.02. The Morgan fingerprint density at radius 2 is 1.76 bits per heavy atom. The van der Waals surface area contributed by atoms with Gasteiger partial charge in [0.05, 0.1) is 43.3 Å². The van der Waals surface area contributed by atoms with Gasteiger partial charge in [0.25, 0.3) is 0 Å². The Balaban J connectivity index is 2.23. The number of pyridine rings is 1. The Hall–Kier alpha value is -2.76. The van der Waals surface area contributed by atoms with Gasteiger partial charge in [-0.2, -0.15) is 5.10 Å². The second-order valence-corrected chi connectivity index (χ2v) is 5.88. The molecule has 3 aromatic rings. The number of fused-ring (bicyclic) bond motifs is 1. The molecule has 2 aromatic heterocycles. The highest BCUT2D eigenvalue weighted by molar-refractivity contribution is 5.88. The molecule has 0 saturated carbocycles. The number of rotatable bonds is 6. The van der Waals surface area contributed by atoms with Crippen LogP contribution in [0.2, 0.25) is 0 Å². The van der Waals surface area contributed by atoms with Gasteiger partial charge >= 0.3 is 0 Å². The summed E-state index contributed by atoms with van der Waals surface area (Å²) in [5, 5.41) is 5.39. The molecule has 0 aliphatic rings. The zero-order chi connectivity index (χ0) is 18.0. The number of benzene rings is 1. The molecule has 0 radical (unpaired) electrons. The number of aromatic nitrogens is 3. The third-order valence-corrected chi connectivity index (χ3v) is 4.01. The molecule has 0 spiro atoms. The molecule has 25 heavy (non-hydrogen) atoms. The average molecular weight is 341 g/mol. The van der Waals surface area contributed by atoms with Gasteiger partial charge in [0.2, 0.25) is 5.88 Å². The molecule has 0 amide bonds. The van der Waals surface area contributed by atoms with Crippen molar-refractivity contribution in [1.82, 2.24) is 14.8 Å². The molecular weight excluding hydrogens is 318 g/mol. The molecule has 0 saturated heterocycles. The topological polar surface area (TPSA) is 58.4 Å². The summed E-state index contributed by atoms with van der Waals surface area (Å²) in [5.41, 5.74) is 3.63. The van der Waals surface area contributed by atoms with E-state index in [2.05, 4.69) is 18.1 Å². The van der Waals surface area contributed by atoms with Crippen LogP contribution in [-0.2, 0) is 7.05 Å². The summed E-state index contributed by atoms with van der Waals surface area (Å²) in [6.07, 6.45) is 0.912. The monoisotopic (exact) mass is 341 g/mol. The minimum absolute atomic E-state index is 0.601. The van der Waals surface area contributed by atoms with Crippen LogP contribution in [0.4, 0.5) is 0 Å². The third kappa shape index (κ3) is 3.24. The maximum Gasteiger partial charge on any atom is 0.223 e. The van der Waals surface area contributed by atoms with Crippen molar-refractivity contribution in [2.45, 2.75) is 20.3 Å². The van der Waals surface area contributed by atoms with Gasteiger partial charge in [-0.1, -0.05) is 6.92 Å². The fourth-order valence-electron chi connectivity index (χ4n) is 2.84. The van der Waals surface area contributed by atoms with E-state index in [1.807, 2.05) is 36.9 Å². The van der Waals surface area contributed by atoms with Gasteiger partial charge in [0.15, 0.2) is 11.5 Å². The lowest BCUT2D eigenvalue weighted by atomic mass is 10.1. The lowest BCUT2D eigenvalue weighted by molar-refractivity contribution is 0.307. The standard InChI is InChI=1S/C19H23N3O3/c1-6-7-25-19-14(16-8-12(2)21-22(16)3)9-13-10-17(23-4)18(24-5)11-15(13)20-19/h8-11H,6-7H2,1-5H3. The van der Waals surface area contributed by atoms with Crippen molar-refractivity contribution in [2.24, 2.45) is 7.05 Å². The first-order valence-electron chi connectivity index (χ1n) is 8.28. The summed E-state index contributed by atoms with van der Waals surface area (Å²) in [5.74, 6) is 1.92. The van der Waals surface area contributed by atoms with Gasteiger partial charge in [0, 0.05) is 18.5 Å². The number of ether oxygens (including phenoxy) is 3. The van der Waals surface area contributed by atoms with Crippen LogP contribution in [0.5, 0.6) is 17.4 Å². The maximum atomic E-state index is 5.92. The van der Waals surface area contributed by atoms with Gasteiger partial charge in [-0.25, -0.2) is 4.98 Å². The molecule has 0 atom stereocenters. The molecule has 2 heterocycles. The first kappa shape index (κ1) is 17.1. The minimum Gasteiger partial charge on any atom is -0.493 e. The van der Waals surface area contributed by atoms with E-state index in [9.17, 15) is 0 Å². The van der Waals surface area contributed by atoms with Crippen LogP contribution in [0.25, 0.3) is 22.2 Å². The fourth-order valence-corrected chi connectivity index (χ4v) is 2.84. The summed E-state index contributed by atoms with van der Waals surface area (Å²) >= 11 is 0. The molecule has 1 aromatic carbocycles. The molecule has 0 unspecified atom stereocenters. The van der Waals surface area contributed by atoms with Crippen molar-refractivity contribution in [2.75, 3.05) is 20.8 Å². The highest BCUT2D eigenvalue weighted by atomic mass is 16.5. The molecule has 132 valence electrons. The van der Waals surface area contributed by atoms with E-state index < -0.39 is 0 Å². The smallest absolute Gasteiger partial charge is 0.223 e. The summed E-state index contributed by atoms with van der Waals surface area (Å²) in [4.78, 5) is 4.72. The van der Waals surface area contributed by atoms with E-state index in [1.54, 1.807) is 14.2 Å². The first-order chi connectivity index (χ1) is 12.1. The van der Waals surface area contributed by atoms with E-state index in [0.29, 0.717) is 24.0 Å². The molecule has 0 aliphatic heterocycles. The zero-order valence-corrected chi connectivity index (χ0v) is 15.3. The number of hydrogen-bond acceptors (Lipinski definition) is 5. The van der Waals surface area contributed by atoms with Crippen molar-refractivity contribution < 1.29 is 14.2 Å². The van der Waals surface area contributed by atoms with Gasteiger partial charge in [0.1, 0.15) is 0 Å². The lowest BCUT2D eigenvalue weighted by Gasteiger charge is -2.14. The number of aryl methyl sites for hydroxylation is 2. The van der Waals surface area contributed by atoms with Crippen LogP contribution in [0, 0.1) is 6.92 Å². The average Bonchev–Trinajstić information content (AvgIpc) is 2.95. The Morgan fingerprint density at radius 3 is 2.36 bits per heavy atom. The van der Waals surface area contributed by atoms with Crippen LogP contribution in [0.1, 0.15) is 19.0 Å². The van der Waals surface area contributed by atoms with Crippen LogP contribution in [-0.4, -0.2) is 35.6 Å². The van der Waals surface area contributed by atoms with Crippen molar-refractivity contribution in [1.29, 1.82) is 0 Å². The van der Waals surface area contributed by atoms with Crippen LogP contribution in [0.3, 0.4) is 0 Å². The summed E-state index contributed by atoms with van der Waals surface area (Å²) in [6.45, 7) is 4.65. The second kappa shape index (κ2) is 7.01. The zero-order valence-electron chi connectivity index (χ0n) is 15.3. The number of nitrogens with zero attached hydrogens (tertiary/aromatic N) is 3. The van der Waals surface area contributed by atoms with E-state index in [1.165, 1.54) is 0 Å². The van der Waals surface area contributed by atoms with Gasteiger partial charge in [-0.05, 0) is 31.5 Å². The highest BCUT2D eigenvalue weighted by Crippen LogP contribution is 2.37. The summed E-state index contributed by atoms with van der Waals surface area (Å²) in [7, 11) is 5.16. The van der Waals surface area contributed by atoms with Crippen LogP contribution in [0.15, 0.2) is 24.3 Å². The first-order valence-corrected chi connectivity index (χ1v) is 8.28. The molecule has 0 N–H and O–H groups in total. The summed E-state index contributed by atoms with van der Waals surface area (Å²) < 4.78 is 18.6. The van der Waals surface area contributed by atoms with Crippen molar-refractivity contribution in [3.05, 3.63) is 30.0 Å². The molecular formula is C19H23N3O3. The molecule has 6 heteroatoms. The van der Waals surface area contributed by atoms with Crippen molar-refractivity contribution in [3.63, 3.8) is 0 Å². The Labute approximate surface area is 147 Å². The van der Waals surface area contributed by atoms with Gasteiger partial charge in [-0.15, -0.1) is 0 Å². The SMILES string of the molecule is CCCOc1nc2cc(OC)c(OC)cc2cc1-c1cc(C)nn1C. The second-order valence-electron chi connectivity index (χ2n) is 5.88. The van der Waals surface area contributed by atoms with Crippen molar-refractivity contribution >= 4 is 10.9 Å². The van der Waals surface area contributed by atoms with E-state index in [-0.39, 0.29) is 0 Å².